The third-order valence-corrected chi connectivity index (χ3v) is 5.64. The summed E-state index contributed by atoms with van der Waals surface area (Å²) < 4.78 is 0. The molecule has 2 unspecified atom stereocenters. The van der Waals surface area contributed by atoms with Gasteiger partial charge in [0.05, 0.1) is 11.4 Å². The number of anilines is 2. The summed E-state index contributed by atoms with van der Waals surface area (Å²) in [4.78, 5) is 5.13. The Kier molecular flexibility index (Phi) is 4.93. The molecular weight excluding hydrogens is 306 g/mol. The van der Waals surface area contributed by atoms with Crippen LogP contribution < -0.4 is 10.2 Å². The molecule has 0 aliphatic carbocycles. The highest BCUT2D eigenvalue weighted by atomic mass is 15.2. The number of nitrogens with zero attached hydrogens (tertiary/aromatic N) is 2. The second-order valence-electron chi connectivity index (χ2n) is 7.55. The average molecular weight is 335 g/mol. The van der Waals surface area contributed by atoms with Gasteiger partial charge in [-0.3, -0.25) is 4.90 Å². The quantitative estimate of drug-likeness (QED) is 0.876. The molecule has 1 N–H and O–H groups in total. The number of nitrogens with one attached hydrogen (secondary N) is 1. The number of para-hydroxylation sites is 2. The lowest BCUT2D eigenvalue weighted by molar-refractivity contribution is 0.259. The van der Waals surface area contributed by atoms with Crippen molar-refractivity contribution in [3.8, 4) is 0 Å². The maximum absolute atomic E-state index is 3.85. The Hall–Kier alpha value is -2.00. The lowest BCUT2D eigenvalue weighted by atomic mass is 10.1. The fourth-order valence-corrected chi connectivity index (χ4v) is 4.29. The Morgan fingerprint density at radius 2 is 1.68 bits per heavy atom. The van der Waals surface area contributed by atoms with Crippen LogP contribution >= 0.6 is 0 Å². The van der Waals surface area contributed by atoms with Gasteiger partial charge in [0, 0.05) is 38.3 Å². The van der Waals surface area contributed by atoms with Crippen LogP contribution in [0.25, 0.3) is 0 Å². The first-order valence-electron chi connectivity index (χ1n) is 9.68. The maximum atomic E-state index is 3.85. The van der Waals surface area contributed by atoms with E-state index in [9.17, 15) is 0 Å². The Balaban J connectivity index is 1.42. The minimum atomic E-state index is 0.530. The molecule has 0 spiro atoms. The van der Waals surface area contributed by atoms with E-state index in [2.05, 4.69) is 76.6 Å². The van der Waals surface area contributed by atoms with E-state index < -0.39 is 0 Å². The van der Waals surface area contributed by atoms with Crippen molar-refractivity contribution in [1.82, 2.24) is 4.90 Å². The van der Waals surface area contributed by atoms with Crippen molar-refractivity contribution in [2.75, 3.05) is 29.9 Å². The van der Waals surface area contributed by atoms with Gasteiger partial charge in [0.1, 0.15) is 0 Å². The normalized spacial score (nSPS) is 24.0. The molecule has 4 rings (SSSR count). The first-order chi connectivity index (χ1) is 12.3. The van der Waals surface area contributed by atoms with Crippen LogP contribution in [0.5, 0.6) is 0 Å². The van der Waals surface area contributed by atoms with Gasteiger partial charge in [-0.2, -0.15) is 0 Å². The Bertz CT molecular complexity index is 679. The van der Waals surface area contributed by atoms with Crippen molar-refractivity contribution in [2.45, 2.75) is 44.8 Å². The van der Waals surface area contributed by atoms with Crippen molar-refractivity contribution in [3.63, 3.8) is 0 Å². The summed E-state index contributed by atoms with van der Waals surface area (Å²) in [6.07, 6.45) is 3.85. The molecule has 2 aromatic carbocycles. The highest BCUT2D eigenvalue weighted by molar-refractivity contribution is 5.70. The molecule has 3 nitrogen and oxygen atoms in total. The van der Waals surface area contributed by atoms with Crippen molar-refractivity contribution in [2.24, 2.45) is 0 Å². The minimum absolute atomic E-state index is 0.530. The smallest absolute Gasteiger partial charge is 0.0602 e. The summed E-state index contributed by atoms with van der Waals surface area (Å²) in [5.74, 6) is 0. The molecule has 2 saturated heterocycles. The minimum Gasteiger partial charge on any atom is -0.379 e. The second kappa shape index (κ2) is 7.49. The van der Waals surface area contributed by atoms with Gasteiger partial charge in [-0.25, -0.2) is 0 Å². The standard InChI is InChI=1S/C22H29N3/c1-18-15-20(17-25(18)16-19-9-3-2-4-10-19)23-21-11-5-6-12-22(21)24-13-7-8-14-24/h2-6,9-12,18,20,23H,7-8,13-17H2,1H3. The average Bonchev–Trinajstić information content (AvgIpc) is 3.27. The molecule has 0 bridgehead atoms. The Morgan fingerprint density at radius 1 is 0.960 bits per heavy atom. The first kappa shape index (κ1) is 16.5. The van der Waals surface area contributed by atoms with Crippen LogP contribution in [0.1, 0.15) is 31.7 Å². The summed E-state index contributed by atoms with van der Waals surface area (Å²) in [6.45, 7) is 6.91. The molecule has 2 aromatic rings. The molecule has 0 saturated carbocycles. The van der Waals surface area contributed by atoms with Gasteiger partial charge < -0.3 is 10.2 Å². The summed E-state index contributed by atoms with van der Waals surface area (Å²) >= 11 is 0. The summed E-state index contributed by atoms with van der Waals surface area (Å²) in [5, 5.41) is 3.85. The number of rotatable bonds is 5. The first-order valence-corrected chi connectivity index (χ1v) is 9.68. The zero-order valence-corrected chi connectivity index (χ0v) is 15.2. The van der Waals surface area contributed by atoms with Gasteiger partial charge in [0.15, 0.2) is 0 Å². The lowest BCUT2D eigenvalue weighted by Gasteiger charge is -2.24. The van der Waals surface area contributed by atoms with E-state index in [1.807, 2.05) is 0 Å². The monoisotopic (exact) mass is 335 g/mol. The zero-order chi connectivity index (χ0) is 17.1. The molecule has 2 fully saturated rings. The zero-order valence-electron chi connectivity index (χ0n) is 15.2. The van der Waals surface area contributed by atoms with Crippen LogP contribution in [0.3, 0.4) is 0 Å². The van der Waals surface area contributed by atoms with E-state index in [-0.39, 0.29) is 0 Å². The number of hydrogen-bond acceptors (Lipinski definition) is 3. The van der Waals surface area contributed by atoms with E-state index in [1.54, 1.807) is 0 Å². The number of benzene rings is 2. The van der Waals surface area contributed by atoms with Gasteiger partial charge in [0.2, 0.25) is 0 Å². The van der Waals surface area contributed by atoms with Gasteiger partial charge in [-0.05, 0) is 43.9 Å². The van der Waals surface area contributed by atoms with E-state index in [0.29, 0.717) is 12.1 Å². The van der Waals surface area contributed by atoms with Crippen molar-refractivity contribution in [3.05, 3.63) is 60.2 Å². The SMILES string of the molecule is CC1CC(Nc2ccccc2N2CCCC2)CN1Cc1ccccc1. The van der Waals surface area contributed by atoms with Crippen LogP contribution in [0.4, 0.5) is 11.4 Å². The van der Waals surface area contributed by atoms with Gasteiger partial charge in [0.25, 0.3) is 0 Å². The Labute approximate surface area is 151 Å². The van der Waals surface area contributed by atoms with Crippen LogP contribution in [0.2, 0.25) is 0 Å². The summed E-state index contributed by atoms with van der Waals surface area (Å²) in [6, 6.07) is 20.8. The van der Waals surface area contributed by atoms with Gasteiger partial charge >= 0.3 is 0 Å². The fourth-order valence-electron chi connectivity index (χ4n) is 4.29. The van der Waals surface area contributed by atoms with Crippen LogP contribution in [0, 0.1) is 0 Å². The van der Waals surface area contributed by atoms with Crippen LogP contribution in [0.15, 0.2) is 54.6 Å². The molecule has 2 heterocycles. The lowest BCUT2D eigenvalue weighted by Crippen LogP contribution is -2.29. The third kappa shape index (κ3) is 3.82. The Morgan fingerprint density at radius 3 is 2.48 bits per heavy atom. The molecule has 2 aliphatic heterocycles. The molecule has 25 heavy (non-hydrogen) atoms. The summed E-state index contributed by atoms with van der Waals surface area (Å²) in [7, 11) is 0. The number of likely N-dealkylation sites (tertiary alicyclic amines) is 1. The third-order valence-electron chi connectivity index (χ3n) is 5.64. The van der Waals surface area contributed by atoms with Crippen LogP contribution in [-0.2, 0) is 6.54 Å². The highest BCUT2D eigenvalue weighted by Gasteiger charge is 2.29. The largest absolute Gasteiger partial charge is 0.379 e. The van der Waals surface area contributed by atoms with Crippen LogP contribution in [-0.4, -0.2) is 36.6 Å². The summed E-state index contributed by atoms with van der Waals surface area (Å²) in [5.41, 5.74) is 4.10. The predicted molar refractivity (Wildman–Crippen MR) is 106 cm³/mol. The van der Waals surface area contributed by atoms with Crippen molar-refractivity contribution < 1.29 is 0 Å². The highest BCUT2D eigenvalue weighted by Crippen LogP contribution is 2.31. The maximum Gasteiger partial charge on any atom is 0.0602 e. The molecule has 2 aliphatic rings. The van der Waals surface area contributed by atoms with Crippen molar-refractivity contribution in [1.29, 1.82) is 0 Å². The number of hydrogen-bond donors (Lipinski definition) is 1. The molecule has 2 atom stereocenters. The van der Waals surface area contributed by atoms with Crippen molar-refractivity contribution >= 4 is 11.4 Å². The molecule has 0 radical (unpaired) electrons. The fraction of sp³-hybridized carbons (Fsp3) is 0.455. The molecular formula is C22H29N3. The van der Waals surface area contributed by atoms with E-state index in [4.69, 9.17) is 0 Å². The van der Waals surface area contributed by atoms with E-state index >= 15 is 0 Å². The molecule has 0 aromatic heterocycles. The predicted octanol–water partition coefficient (Wildman–Crippen LogP) is 4.36. The van der Waals surface area contributed by atoms with E-state index in [1.165, 1.54) is 49.3 Å². The molecule has 132 valence electrons. The second-order valence-corrected chi connectivity index (χ2v) is 7.55. The van der Waals surface area contributed by atoms with Gasteiger partial charge in [-0.1, -0.05) is 42.5 Å². The van der Waals surface area contributed by atoms with Gasteiger partial charge in [-0.15, -0.1) is 0 Å². The molecule has 0 amide bonds. The van der Waals surface area contributed by atoms with E-state index in [0.717, 1.165) is 13.1 Å². The topological polar surface area (TPSA) is 18.5 Å². The molecule has 3 heteroatoms.